The van der Waals surface area contributed by atoms with Crippen molar-refractivity contribution in [3.63, 3.8) is 0 Å². The van der Waals surface area contributed by atoms with Crippen LogP contribution in [0.25, 0.3) is 0 Å². The number of hydrogen-bond acceptors (Lipinski definition) is 3. The number of hydrogen-bond donors (Lipinski definition) is 2. The third kappa shape index (κ3) is 2.63. The Bertz CT molecular complexity index is 521. The minimum atomic E-state index is -1.09. The van der Waals surface area contributed by atoms with Crippen LogP contribution in [0.4, 0.5) is 10.1 Å². The molecule has 0 bridgehead atoms. The molecule has 0 saturated carbocycles. The van der Waals surface area contributed by atoms with Gasteiger partial charge in [0.2, 0.25) is 0 Å². The number of carboxylic acids is 1. The van der Waals surface area contributed by atoms with E-state index in [2.05, 4.69) is 10.2 Å². The Morgan fingerprint density at radius 2 is 2.20 bits per heavy atom. The van der Waals surface area contributed by atoms with Crippen LogP contribution in [0, 0.1) is 5.82 Å². The molecule has 2 unspecified atom stereocenters. The van der Waals surface area contributed by atoms with Crippen LogP contribution in [0.3, 0.4) is 0 Å². The van der Waals surface area contributed by atoms with Crippen molar-refractivity contribution in [2.45, 2.75) is 37.8 Å². The first-order valence-electron chi connectivity index (χ1n) is 7.17. The number of aromatic carboxylic acids is 1. The second kappa shape index (κ2) is 5.40. The van der Waals surface area contributed by atoms with Crippen LogP contribution >= 0.6 is 0 Å². The Morgan fingerprint density at radius 3 is 3.00 bits per heavy atom. The first-order chi connectivity index (χ1) is 9.63. The number of piperidine rings is 1. The third-order valence-corrected chi connectivity index (χ3v) is 4.39. The number of benzene rings is 1. The van der Waals surface area contributed by atoms with Gasteiger partial charge in [-0.05, 0) is 50.4 Å². The van der Waals surface area contributed by atoms with E-state index in [1.165, 1.54) is 31.5 Å². The number of halogens is 1. The normalized spacial score (nSPS) is 26.2. The Balaban J connectivity index is 1.73. The van der Waals surface area contributed by atoms with Gasteiger partial charge < -0.3 is 15.3 Å². The molecule has 4 nitrogen and oxygen atoms in total. The molecule has 0 amide bonds. The maximum Gasteiger partial charge on any atom is 0.337 e. The van der Waals surface area contributed by atoms with Gasteiger partial charge in [0.05, 0.1) is 5.56 Å². The van der Waals surface area contributed by atoms with Gasteiger partial charge in [0.15, 0.2) is 0 Å². The lowest BCUT2D eigenvalue weighted by molar-refractivity contribution is 0.0697. The highest BCUT2D eigenvalue weighted by Gasteiger charge is 2.31. The van der Waals surface area contributed by atoms with Gasteiger partial charge in [0, 0.05) is 24.3 Å². The van der Waals surface area contributed by atoms with Gasteiger partial charge in [-0.25, -0.2) is 9.18 Å². The molecule has 2 N–H and O–H groups in total. The average molecular weight is 278 g/mol. The average Bonchev–Trinajstić information content (AvgIpc) is 2.88. The number of carboxylic acid groups (broad SMARTS) is 1. The summed E-state index contributed by atoms with van der Waals surface area (Å²) in [5.41, 5.74) is 0.536. The Morgan fingerprint density at radius 1 is 1.35 bits per heavy atom. The molecule has 20 heavy (non-hydrogen) atoms. The zero-order chi connectivity index (χ0) is 14.1. The summed E-state index contributed by atoms with van der Waals surface area (Å²) >= 11 is 0. The summed E-state index contributed by atoms with van der Waals surface area (Å²) in [7, 11) is 0. The first kappa shape index (κ1) is 13.4. The molecule has 1 aromatic rings. The molecular weight excluding hydrogens is 259 g/mol. The van der Waals surface area contributed by atoms with Crippen molar-refractivity contribution in [3.05, 3.63) is 29.6 Å². The van der Waals surface area contributed by atoms with Gasteiger partial charge in [0.25, 0.3) is 0 Å². The highest BCUT2D eigenvalue weighted by atomic mass is 19.1. The summed E-state index contributed by atoms with van der Waals surface area (Å²) in [6.45, 7) is 2.25. The Labute approximate surface area is 117 Å². The summed E-state index contributed by atoms with van der Waals surface area (Å²) in [6, 6.07) is 4.81. The Kier molecular flexibility index (Phi) is 3.61. The summed E-state index contributed by atoms with van der Waals surface area (Å²) in [6.07, 6.45) is 4.53. The lowest BCUT2D eigenvalue weighted by Crippen LogP contribution is -2.42. The van der Waals surface area contributed by atoms with Crippen LogP contribution in [-0.2, 0) is 0 Å². The van der Waals surface area contributed by atoms with Crippen molar-refractivity contribution in [3.8, 4) is 0 Å². The van der Waals surface area contributed by atoms with Crippen molar-refractivity contribution >= 4 is 11.7 Å². The van der Waals surface area contributed by atoms with Crippen LogP contribution < -0.4 is 5.32 Å². The molecule has 2 saturated heterocycles. The molecule has 2 atom stereocenters. The van der Waals surface area contributed by atoms with Gasteiger partial charge in [-0.1, -0.05) is 0 Å². The minimum Gasteiger partial charge on any atom is -0.478 e. The van der Waals surface area contributed by atoms with Crippen LogP contribution in [0.2, 0.25) is 0 Å². The van der Waals surface area contributed by atoms with E-state index in [-0.39, 0.29) is 11.6 Å². The first-order valence-corrected chi connectivity index (χ1v) is 7.17. The third-order valence-electron chi connectivity index (χ3n) is 4.39. The summed E-state index contributed by atoms with van der Waals surface area (Å²) in [5.74, 6) is -1.61. The predicted octanol–water partition coefficient (Wildman–Crippen LogP) is 2.56. The number of nitrogens with one attached hydrogen (secondary N) is 1. The van der Waals surface area contributed by atoms with Crippen molar-refractivity contribution in [2.24, 2.45) is 0 Å². The second-order valence-electron chi connectivity index (χ2n) is 5.69. The van der Waals surface area contributed by atoms with Crippen molar-refractivity contribution < 1.29 is 14.3 Å². The summed E-state index contributed by atoms with van der Waals surface area (Å²) in [5, 5.41) is 12.5. The van der Waals surface area contributed by atoms with Gasteiger partial charge >= 0.3 is 5.97 Å². The molecule has 2 aliphatic rings. The maximum absolute atomic E-state index is 13.2. The molecule has 0 spiro atoms. The van der Waals surface area contributed by atoms with E-state index < -0.39 is 11.8 Å². The fourth-order valence-electron chi connectivity index (χ4n) is 3.39. The lowest BCUT2D eigenvalue weighted by atomic mass is 9.97. The molecular formula is C15H19FN2O2. The highest BCUT2D eigenvalue weighted by Crippen LogP contribution is 2.29. The highest BCUT2D eigenvalue weighted by molar-refractivity contribution is 5.94. The SMILES string of the molecule is O=C(O)c1cc(F)ccc1NC1CCN2CCCC2C1. The van der Waals surface area contributed by atoms with Crippen LogP contribution in [0.5, 0.6) is 0 Å². The van der Waals surface area contributed by atoms with Gasteiger partial charge in [0.1, 0.15) is 5.82 Å². The Hall–Kier alpha value is -1.62. The molecule has 3 rings (SSSR count). The largest absolute Gasteiger partial charge is 0.478 e. The maximum atomic E-state index is 13.2. The number of fused-ring (bicyclic) bond motifs is 1. The smallest absolute Gasteiger partial charge is 0.337 e. The van der Waals surface area contributed by atoms with Crippen molar-refractivity contribution in [2.75, 3.05) is 18.4 Å². The zero-order valence-electron chi connectivity index (χ0n) is 11.3. The number of carbonyl (C=O) groups is 1. The molecule has 2 heterocycles. The van der Waals surface area contributed by atoms with Crippen LogP contribution in [0.15, 0.2) is 18.2 Å². The number of rotatable bonds is 3. The van der Waals surface area contributed by atoms with E-state index in [0.717, 1.165) is 25.5 Å². The quantitative estimate of drug-likeness (QED) is 0.892. The standard InChI is InChI=1S/C15H19FN2O2/c16-10-3-4-14(13(8-10)15(19)20)17-11-5-7-18-6-1-2-12(18)9-11/h3-4,8,11-12,17H,1-2,5-7,9H2,(H,19,20). The molecule has 2 fully saturated rings. The number of anilines is 1. The van der Waals surface area contributed by atoms with E-state index in [1.54, 1.807) is 0 Å². The fraction of sp³-hybridized carbons (Fsp3) is 0.533. The molecule has 0 aromatic heterocycles. The molecule has 1 aromatic carbocycles. The topological polar surface area (TPSA) is 52.6 Å². The summed E-state index contributed by atoms with van der Waals surface area (Å²) < 4.78 is 13.2. The predicted molar refractivity (Wildman–Crippen MR) is 74.6 cm³/mol. The lowest BCUT2D eigenvalue weighted by Gasteiger charge is -2.35. The van der Waals surface area contributed by atoms with Gasteiger partial charge in [-0.3, -0.25) is 0 Å². The van der Waals surface area contributed by atoms with Crippen molar-refractivity contribution in [1.29, 1.82) is 0 Å². The van der Waals surface area contributed by atoms with E-state index in [9.17, 15) is 9.18 Å². The summed E-state index contributed by atoms with van der Waals surface area (Å²) in [4.78, 5) is 13.7. The fourth-order valence-corrected chi connectivity index (χ4v) is 3.39. The molecule has 0 radical (unpaired) electrons. The van der Waals surface area contributed by atoms with E-state index in [4.69, 9.17) is 5.11 Å². The molecule has 108 valence electrons. The van der Waals surface area contributed by atoms with E-state index in [0.29, 0.717) is 11.7 Å². The number of nitrogens with zero attached hydrogens (tertiary/aromatic N) is 1. The van der Waals surface area contributed by atoms with E-state index >= 15 is 0 Å². The van der Waals surface area contributed by atoms with Crippen molar-refractivity contribution in [1.82, 2.24) is 4.90 Å². The van der Waals surface area contributed by atoms with Crippen LogP contribution in [0.1, 0.15) is 36.0 Å². The molecule has 2 aliphatic heterocycles. The van der Waals surface area contributed by atoms with Gasteiger partial charge in [-0.15, -0.1) is 0 Å². The van der Waals surface area contributed by atoms with E-state index in [1.807, 2.05) is 0 Å². The monoisotopic (exact) mass is 278 g/mol. The minimum absolute atomic E-state index is 0.0128. The van der Waals surface area contributed by atoms with Gasteiger partial charge in [-0.2, -0.15) is 0 Å². The van der Waals surface area contributed by atoms with Crippen LogP contribution in [-0.4, -0.2) is 41.1 Å². The zero-order valence-corrected chi connectivity index (χ0v) is 11.3. The molecule has 0 aliphatic carbocycles. The molecule has 5 heteroatoms. The second-order valence-corrected chi connectivity index (χ2v) is 5.69.